The minimum Gasteiger partial charge on any atom is -0.300 e. The highest BCUT2D eigenvalue weighted by Crippen LogP contribution is 2.61. The fourth-order valence-electron chi connectivity index (χ4n) is 6.38. The van der Waals surface area contributed by atoms with E-state index in [1.807, 2.05) is 0 Å². The molecule has 4 bridgehead atoms. The predicted molar refractivity (Wildman–Crippen MR) is 91.8 cm³/mol. The number of ketones is 1. The molecule has 4 aliphatic carbocycles. The second-order valence-electron chi connectivity index (χ2n) is 9.31. The van der Waals surface area contributed by atoms with Crippen molar-refractivity contribution < 1.29 is 4.79 Å². The third-order valence-electron chi connectivity index (χ3n) is 6.71. The van der Waals surface area contributed by atoms with Crippen molar-refractivity contribution in [3.8, 4) is 0 Å². The van der Waals surface area contributed by atoms with Crippen LogP contribution in [0.4, 0.5) is 0 Å². The van der Waals surface area contributed by atoms with Gasteiger partial charge in [-0.25, -0.2) is 0 Å². The standard InChI is InChI=1S/C20H35NO/c1-14(2)21(15(3)4)6-5-19(22)13-20-10-16-7-17(11-20)9-18(8-16)12-20/h14-18H,5-13H2,1-4H3. The second kappa shape index (κ2) is 6.26. The van der Waals surface area contributed by atoms with Gasteiger partial charge in [-0.15, -0.1) is 0 Å². The van der Waals surface area contributed by atoms with Crippen molar-refractivity contribution in [1.29, 1.82) is 0 Å². The Morgan fingerprint density at radius 3 is 1.82 bits per heavy atom. The van der Waals surface area contributed by atoms with Gasteiger partial charge in [-0.3, -0.25) is 9.69 Å². The minimum atomic E-state index is 0.423. The molecule has 0 aromatic rings. The van der Waals surface area contributed by atoms with Gasteiger partial charge in [-0.05, 0) is 89.4 Å². The van der Waals surface area contributed by atoms with Crippen LogP contribution in [-0.2, 0) is 4.79 Å². The molecular weight excluding hydrogens is 270 g/mol. The first-order valence-corrected chi connectivity index (χ1v) is 9.64. The van der Waals surface area contributed by atoms with Gasteiger partial charge >= 0.3 is 0 Å². The van der Waals surface area contributed by atoms with Gasteiger partial charge in [0.25, 0.3) is 0 Å². The Morgan fingerprint density at radius 2 is 1.41 bits per heavy atom. The van der Waals surface area contributed by atoms with Gasteiger partial charge in [0, 0.05) is 31.5 Å². The normalized spacial score (nSPS) is 36.8. The first-order valence-electron chi connectivity index (χ1n) is 9.64. The molecule has 0 amide bonds. The summed E-state index contributed by atoms with van der Waals surface area (Å²) in [5, 5.41) is 0. The van der Waals surface area contributed by atoms with E-state index < -0.39 is 0 Å². The van der Waals surface area contributed by atoms with Crippen LogP contribution in [0.2, 0.25) is 0 Å². The molecule has 0 heterocycles. The van der Waals surface area contributed by atoms with Gasteiger partial charge in [0.1, 0.15) is 5.78 Å². The van der Waals surface area contributed by atoms with Crippen LogP contribution in [0.15, 0.2) is 0 Å². The molecule has 4 saturated carbocycles. The molecule has 4 fully saturated rings. The summed E-state index contributed by atoms with van der Waals surface area (Å²) < 4.78 is 0. The van der Waals surface area contributed by atoms with E-state index in [4.69, 9.17) is 0 Å². The quantitative estimate of drug-likeness (QED) is 0.681. The summed E-state index contributed by atoms with van der Waals surface area (Å²) >= 11 is 0. The molecule has 2 nitrogen and oxygen atoms in total. The van der Waals surface area contributed by atoms with E-state index in [9.17, 15) is 4.79 Å². The molecule has 0 N–H and O–H groups in total. The Hall–Kier alpha value is -0.370. The van der Waals surface area contributed by atoms with E-state index in [0.717, 1.165) is 37.1 Å². The third kappa shape index (κ3) is 3.42. The zero-order valence-corrected chi connectivity index (χ0v) is 15.1. The number of hydrogen-bond donors (Lipinski definition) is 0. The van der Waals surface area contributed by atoms with Crippen LogP contribution in [-0.4, -0.2) is 29.3 Å². The summed E-state index contributed by atoms with van der Waals surface area (Å²) in [7, 11) is 0. The van der Waals surface area contributed by atoms with Gasteiger partial charge < -0.3 is 0 Å². The molecule has 0 aliphatic heterocycles. The van der Waals surface area contributed by atoms with Crippen LogP contribution >= 0.6 is 0 Å². The second-order valence-corrected chi connectivity index (χ2v) is 9.31. The number of rotatable bonds is 7. The SMILES string of the molecule is CC(C)N(CCC(=O)CC12CC3CC(CC(C3)C1)C2)C(C)C. The number of nitrogens with zero attached hydrogens (tertiary/aromatic N) is 1. The van der Waals surface area contributed by atoms with Crippen molar-refractivity contribution in [2.75, 3.05) is 6.54 Å². The lowest BCUT2D eigenvalue weighted by Crippen LogP contribution is -2.47. The third-order valence-corrected chi connectivity index (χ3v) is 6.71. The van der Waals surface area contributed by atoms with Crippen molar-refractivity contribution in [2.24, 2.45) is 23.2 Å². The molecule has 126 valence electrons. The van der Waals surface area contributed by atoms with Crippen LogP contribution in [0.3, 0.4) is 0 Å². The summed E-state index contributed by atoms with van der Waals surface area (Å²) in [6.45, 7) is 9.90. The lowest BCUT2D eigenvalue weighted by atomic mass is 9.48. The molecule has 22 heavy (non-hydrogen) atoms. The molecule has 0 saturated heterocycles. The highest BCUT2D eigenvalue weighted by Gasteiger charge is 2.51. The highest BCUT2D eigenvalue weighted by molar-refractivity contribution is 5.79. The molecule has 0 aromatic carbocycles. The van der Waals surface area contributed by atoms with E-state index in [0.29, 0.717) is 23.3 Å². The van der Waals surface area contributed by atoms with Crippen molar-refractivity contribution >= 4 is 5.78 Å². The molecular formula is C20H35NO. The molecule has 0 aromatic heterocycles. The largest absolute Gasteiger partial charge is 0.300 e. The molecule has 0 atom stereocenters. The summed E-state index contributed by atoms with van der Waals surface area (Å²) in [4.78, 5) is 15.1. The Morgan fingerprint density at radius 1 is 0.955 bits per heavy atom. The lowest BCUT2D eigenvalue weighted by molar-refractivity contribution is -0.127. The first kappa shape index (κ1) is 16.5. The molecule has 4 rings (SSSR count). The summed E-state index contributed by atoms with van der Waals surface area (Å²) in [6, 6.07) is 1.07. The Labute approximate surface area is 137 Å². The van der Waals surface area contributed by atoms with Crippen LogP contribution in [0, 0.1) is 23.2 Å². The lowest BCUT2D eigenvalue weighted by Gasteiger charge is -2.56. The minimum absolute atomic E-state index is 0.423. The Kier molecular flexibility index (Phi) is 4.69. The maximum Gasteiger partial charge on any atom is 0.134 e. The van der Waals surface area contributed by atoms with E-state index in [2.05, 4.69) is 32.6 Å². The topological polar surface area (TPSA) is 20.3 Å². The zero-order chi connectivity index (χ0) is 15.9. The molecule has 0 radical (unpaired) electrons. The summed E-state index contributed by atoms with van der Waals surface area (Å²) in [6.07, 6.45) is 10.2. The van der Waals surface area contributed by atoms with Gasteiger partial charge in [0.15, 0.2) is 0 Å². The Balaban J connectivity index is 1.54. The number of Topliss-reactive ketones (excluding diaryl/α,β-unsaturated/α-hetero) is 1. The predicted octanol–water partition coefficient (Wildman–Crippen LogP) is 4.67. The van der Waals surface area contributed by atoms with Gasteiger partial charge in [-0.1, -0.05) is 0 Å². The van der Waals surface area contributed by atoms with E-state index in [1.54, 1.807) is 0 Å². The van der Waals surface area contributed by atoms with Crippen LogP contribution in [0.1, 0.15) is 79.1 Å². The average molecular weight is 306 g/mol. The fourth-order valence-corrected chi connectivity index (χ4v) is 6.38. The van der Waals surface area contributed by atoms with E-state index >= 15 is 0 Å². The molecule has 0 spiro atoms. The van der Waals surface area contributed by atoms with E-state index in [1.165, 1.54) is 38.5 Å². The molecule has 2 heteroatoms. The van der Waals surface area contributed by atoms with Crippen molar-refractivity contribution in [2.45, 2.75) is 91.1 Å². The smallest absolute Gasteiger partial charge is 0.134 e. The van der Waals surface area contributed by atoms with Gasteiger partial charge in [-0.2, -0.15) is 0 Å². The maximum atomic E-state index is 12.7. The Bertz CT molecular complexity index is 369. The van der Waals surface area contributed by atoms with Crippen molar-refractivity contribution in [3.63, 3.8) is 0 Å². The maximum absolute atomic E-state index is 12.7. The first-order chi connectivity index (χ1) is 10.4. The van der Waals surface area contributed by atoms with E-state index in [-0.39, 0.29) is 0 Å². The summed E-state index contributed by atoms with van der Waals surface area (Å²) in [5.74, 6) is 3.42. The highest BCUT2D eigenvalue weighted by atomic mass is 16.1. The molecule has 0 unspecified atom stereocenters. The average Bonchev–Trinajstić information content (AvgIpc) is 2.35. The number of carbonyl (C=O) groups excluding carboxylic acids is 1. The fraction of sp³-hybridized carbons (Fsp3) is 0.950. The zero-order valence-electron chi connectivity index (χ0n) is 15.1. The van der Waals surface area contributed by atoms with Crippen LogP contribution in [0.5, 0.6) is 0 Å². The number of carbonyl (C=O) groups is 1. The number of hydrogen-bond acceptors (Lipinski definition) is 2. The molecule has 4 aliphatic rings. The van der Waals surface area contributed by atoms with Crippen molar-refractivity contribution in [3.05, 3.63) is 0 Å². The van der Waals surface area contributed by atoms with Gasteiger partial charge in [0.2, 0.25) is 0 Å². The summed E-state index contributed by atoms with van der Waals surface area (Å²) in [5.41, 5.74) is 0.423. The van der Waals surface area contributed by atoms with Crippen LogP contribution in [0.25, 0.3) is 0 Å². The van der Waals surface area contributed by atoms with Crippen LogP contribution < -0.4 is 0 Å². The monoisotopic (exact) mass is 305 g/mol. The van der Waals surface area contributed by atoms with Gasteiger partial charge in [0.05, 0.1) is 0 Å². The van der Waals surface area contributed by atoms with Crippen molar-refractivity contribution in [1.82, 2.24) is 4.90 Å².